The van der Waals surface area contributed by atoms with E-state index in [2.05, 4.69) is 15.4 Å². The summed E-state index contributed by atoms with van der Waals surface area (Å²) < 4.78 is 4.67. The fourth-order valence-electron chi connectivity index (χ4n) is 4.31. The average Bonchev–Trinajstić information content (AvgIpc) is 2.80. The van der Waals surface area contributed by atoms with E-state index in [1.165, 1.54) is 39.2 Å². The molecule has 0 aromatic rings. The molecule has 0 spiro atoms. The summed E-state index contributed by atoms with van der Waals surface area (Å²) in [6.07, 6.45) is 11.9. The van der Waals surface area contributed by atoms with Gasteiger partial charge in [0.15, 0.2) is 0 Å². The van der Waals surface area contributed by atoms with E-state index in [-0.39, 0.29) is 12.0 Å². The summed E-state index contributed by atoms with van der Waals surface area (Å²) in [7, 11) is 1.42. The maximum absolute atomic E-state index is 11.7. The van der Waals surface area contributed by atoms with Crippen LogP contribution in [0.3, 0.4) is 0 Å². The minimum absolute atomic E-state index is 0.220. The van der Waals surface area contributed by atoms with Crippen molar-refractivity contribution in [3.05, 3.63) is 0 Å². The van der Waals surface area contributed by atoms with E-state index in [4.69, 9.17) is 0 Å². The molecule has 2 fully saturated rings. The Bertz CT molecular complexity index is 399. The Labute approximate surface area is 187 Å². The Balaban J connectivity index is 0. The first-order valence-electron chi connectivity index (χ1n) is 12.7. The topological polar surface area (TPSA) is 67.4 Å². The first-order valence-corrected chi connectivity index (χ1v) is 12.7. The number of nitrogens with one attached hydrogen (secondary N) is 2. The van der Waals surface area contributed by atoms with Gasteiger partial charge in [0.2, 0.25) is 5.91 Å². The van der Waals surface area contributed by atoms with Crippen LogP contribution in [0.5, 0.6) is 0 Å². The largest absolute Gasteiger partial charge is 0.453 e. The molecular formula is C25H52N2O3. The molecule has 0 atom stereocenters. The van der Waals surface area contributed by atoms with Gasteiger partial charge in [-0.1, -0.05) is 48.5 Å². The number of carbonyl (C=O) groups is 2. The van der Waals surface area contributed by atoms with E-state index in [0.717, 1.165) is 43.9 Å². The van der Waals surface area contributed by atoms with Gasteiger partial charge in [0.25, 0.3) is 0 Å². The van der Waals surface area contributed by atoms with Crippen molar-refractivity contribution in [2.45, 2.75) is 131 Å². The minimum Gasteiger partial charge on any atom is -0.453 e. The van der Waals surface area contributed by atoms with E-state index in [0.29, 0.717) is 18.5 Å². The van der Waals surface area contributed by atoms with Crippen molar-refractivity contribution in [2.24, 2.45) is 11.8 Å². The summed E-state index contributed by atoms with van der Waals surface area (Å²) in [5, 5.41) is 6.11. The molecule has 0 heterocycles. The highest BCUT2D eigenvalue weighted by Gasteiger charge is 2.27. The van der Waals surface area contributed by atoms with Crippen LogP contribution >= 0.6 is 0 Å². The molecule has 5 nitrogen and oxygen atoms in total. The summed E-state index contributed by atoms with van der Waals surface area (Å²) >= 11 is 0. The molecule has 2 aliphatic rings. The molecule has 2 rings (SSSR count). The second-order valence-corrected chi connectivity index (χ2v) is 7.62. The molecule has 180 valence electrons. The van der Waals surface area contributed by atoms with Crippen LogP contribution in [0, 0.1) is 11.8 Å². The Morgan fingerprint density at radius 3 is 1.50 bits per heavy atom. The van der Waals surface area contributed by atoms with Crippen LogP contribution in [0.1, 0.15) is 119 Å². The SMILES string of the molecule is CC.CC.CC.CCCC(=O)NC1CCC(CC2CCC(NC(=O)OC)CC2)CC1. The molecule has 2 amide bonds. The van der Waals surface area contributed by atoms with Crippen molar-refractivity contribution < 1.29 is 14.3 Å². The number of carbonyl (C=O) groups excluding carboxylic acids is 2. The standard InChI is InChI=1S/C19H34N2O3.3C2H6/c1-3-4-18(22)20-16-9-5-14(6-10-16)13-15-7-11-17(12-8-15)21-19(23)24-2;3*1-2/h14-17H,3-13H2,1-2H3,(H,20,22)(H,21,23);3*1-2H3. The predicted octanol–water partition coefficient (Wildman–Crippen LogP) is 6.85. The van der Waals surface area contributed by atoms with Gasteiger partial charge in [0.1, 0.15) is 0 Å². The molecule has 0 aromatic carbocycles. The molecule has 2 N–H and O–H groups in total. The van der Waals surface area contributed by atoms with Gasteiger partial charge in [0, 0.05) is 18.5 Å². The number of amides is 2. The van der Waals surface area contributed by atoms with Gasteiger partial charge in [0.05, 0.1) is 7.11 Å². The number of ether oxygens (including phenoxy) is 1. The fraction of sp³-hybridized carbons (Fsp3) is 0.920. The lowest BCUT2D eigenvalue weighted by Crippen LogP contribution is -2.39. The molecular weight excluding hydrogens is 376 g/mol. The van der Waals surface area contributed by atoms with E-state index in [1.807, 2.05) is 48.5 Å². The summed E-state index contributed by atoms with van der Waals surface area (Å²) in [5.74, 6) is 1.84. The first-order chi connectivity index (χ1) is 14.6. The number of methoxy groups -OCH3 is 1. The fourth-order valence-corrected chi connectivity index (χ4v) is 4.31. The smallest absolute Gasteiger partial charge is 0.407 e. The van der Waals surface area contributed by atoms with E-state index in [9.17, 15) is 9.59 Å². The van der Waals surface area contributed by atoms with Crippen molar-refractivity contribution in [2.75, 3.05) is 7.11 Å². The minimum atomic E-state index is -0.304. The van der Waals surface area contributed by atoms with Gasteiger partial charge in [-0.25, -0.2) is 4.79 Å². The van der Waals surface area contributed by atoms with Crippen LogP contribution in [0.15, 0.2) is 0 Å². The molecule has 0 aliphatic heterocycles. The highest BCUT2D eigenvalue weighted by atomic mass is 16.5. The van der Waals surface area contributed by atoms with E-state index >= 15 is 0 Å². The molecule has 0 saturated heterocycles. The zero-order valence-electron chi connectivity index (χ0n) is 21.3. The molecule has 5 heteroatoms. The second kappa shape index (κ2) is 21.0. The summed E-state index contributed by atoms with van der Waals surface area (Å²) in [5.41, 5.74) is 0. The number of hydrogen-bond acceptors (Lipinski definition) is 3. The zero-order valence-corrected chi connectivity index (χ0v) is 21.3. The van der Waals surface area contributed by atoms with Crippen molar-refractivity contribution in [1.82, 2.24) is 10.6 Å². The van der Waals surface area contributed by atoms with Gasteiger partial charge in [-0.05, 0) is 76.0 Å². The number of rotatable bonds is 6. The highest BCUT2D eigenvalue weighted by Crippen LogP contribution is 2.35. The van der Waals surface area contributed by atoms with Crippen LogP contribution in [-0.4, -0.2) is 31.2 Å². The van der Waals surface area contributed by atoms with E-state index in [1.54, 1.807) is 0 Å². The van der Waals surface area contributed by atoms with Crippen molar-refractivity contribution in [3.63, 3.8) is 0 Å². The monoisotopic (exact) mass is 428 g/mol. The van der Waals surface area contributed by atoms with Gasteiger partial charge in [-0.15, -0.1) is 0 Å². The van der Waals surface area contributed by atoms with Crippen LogP contribution in [0.25, 0.3) is 0 Å². The molecule has 0 aromatic heterocycles. The van der Waals surface area contributed by atoms with Gasteiger partial charge in [-0.2, -0.15) is 0 Å². The normalized spacial score (nSPS) is 24.9. The van der Waals surface area contributed by atoms with Crippen molar-refractivity contribution in [3.8, 4) is 0 Å². The summed E-state index contributed by atoms with van der Waals surface area (Å²) in [6.45, 7) is 14.0. The number of alkyl carbamates (subject to hydrolysis) is 1. The molecule has 30 heavy (non-hydrogen) atoms. The summed E-state index contributed by atoms with van der Waals surface area (Å²) in [6, 6.07) is 0.693. The van der Waals surface area contributed by atoms with Crippen LogP contribution < -0.4 is 10.6 Å². The molecule has 2 saturated carbocycles. The lowest BCUT2D eigenvalue weighted by Gasteiger charge is -2.34. The Morgan fingerprint density at radius 2 is 1.13 bits per heavy atom. The van der Waals surface area contributed by atoms with Crippen LogP contribution in [0.2, 0.25) is 0 Å². The average molecular weight is 429 g/mol. The van der Waals surface area contributed by atoms with Crippen LogP contribution in [-0.2, 0) is 9.53 Å². The quantitative estimate of drug-likeness (QED) is 0.486. The molecule has 0 unspecified atom stereocenters. The first kappa shape index (κ1) is 30.9. The van der Waals surface area contributed by atoms with Gasteiger partial charge < -0.3 is 15.4 Å². The Kier molecular flexibility index (Phi) is 21.6. The second-order valence-electron chi connectivity index (χ2n) is 7.62. The molecule has 2 aliphatic carbocycles. The number of hydrogen-bond donors (Lipinski definition) is 2. The summed E-state index contributed by atoms with van der Waals surface area (Å²) in [4.78, 5) is 23.0. The molecule has 0 bridgehead atoms. The van der Waals surface area contributed by atoms with Crippen LogP contribution in [0.4, 0.5) is 4.79 Å². The third kappa shape index (κ3) is 13.9. The lowest BCUT2D eigenvalue weighted by atomic mass is 9.75. The van der Waals surface area contributed by atoms with Gasteiger partial charge >= 0.3 is 6.09 Å². The third-order valence-electron chi connectivity index (χ3n) is 5.71. The zero-order chi connectivity index (χ0) is 23.4. The Hall–Kier alpha value is -1.26. The van der Waals surface area contributed by atoms with E-state index < -0.39 is 0 Å². The van der Waals surface area contributed by atoms with Crippen molar-refractivity contribution in [1.29, 1.82) is 0 Å². The molecule has 0 radical (unpaired) electrons. The maximum Gasteiger partial charge on any atom is 0.407 e. The maximum atomic E-state index is 11.7. The predicted molar refractivity (Wildman–Crippen MR) is 129 cm³/mol. The Morgan fingerprint density at radius 1 is 0.733 bits per heavy atom. The lowest BCUT2D eigenvalue weighted by molar-refractivity contribution is -0.122. The highest BCUT2D eigenvalue weighted by molar-refractivity contribution is 5.76. The third-order valence-corrected chi connectivity index (χ3v) is 5.71. The van der Waals surface area contributed by atoms with Gasteiger partial charge in [-0.3, -0.25) is 4.79 Å². The van der Waals surface area contributed by atoms with Crippen molar-refractivity contribution >= 4 is 12.0 Å².